The Labute approximate surface area is 111 Å². The van der Waals surface area contributed by atoms with Gasteiger partial charge in [-0.05, 0) is 13.3 Å². The van der Waals surface area contributed by atoms with E-state index in [9.17, 15) is 4.79 Å². The molecule has 0 aliphatic rings. The number of H-pyrrole nitrogens is 1. The minimum atomic E-state index is -0.418. The first kappa shape index (κ1) is 13.3. The van der Waals surface area contributed by atoms with Gasteiger partial charge in [0.1, 0.15) is 0 Å². The van der Waals surface area contributed by atoms with E-state index in [1.165, 1.54) is 6.20 Å². The number of hydrogen-bond acceptors (Lipinski definition) is 3. The summed E-state index contributed by atoms with van der Waals surface area (Å²) in [6.07, 6.45) is 1.63. The van der Waals surface area contributed by atoms with Crippen molar-refractivity contribution < 1.29 is 9.90 Å². The van der Waals surface area contributed by atoms with Crippen LogP contribution in [0.5, 0.6) is 0 Å². The first-order chi connectivity index (χ1) is 9.18. The lowest BCUT2D eigenvalue weighted by Gasteiger charge is -2.07. The number of rotatable bonds is 5. The Morgan fingerprint density at radius 3 is 2.84 bits per heavy atom. The van der Waals surface area contributed by atoms with Crippen LogP contribution in [0.3, 0.4) is 0 Å². The lowest BCUT2D eigenvalue weighted by Crippen LogP contribution is -2.26. The number of carbonyl (C=O) groups excluding carboxylic acids is 1. The number of hydrogen-bond donors (Lipinski definition) is 3. The highest BCUT2D eigenvalue weighted by molar-refractivity contribution is 5.99. The number of aliphatic hydroxyl groups excluding tert-OH is 1. The zero-order valence-electron chi connectivity index (χ0n) is 10.8. The minimum Gasteiger partial charge on any atom is -0.393 e. The number of nitrogens with zero attached hydrogens (tertiary/aromatic N) is 1. The second kappa shape index (κ2) is 6.15. The van der Waals surface area contributed by atoms with Crippen LogP contribution in [0, 0.1) is 0 Å². The molecule has 0 fully saturated rings. The van der Waals surface area contributed by atoms with Gasteiger partial charge in [0.25, 0.3) is 5.91 Å². The van der Waals surface area contributed by atoms with E-state index in [1.807, 2.05) is 30.3 Å². The summed E-state index contributed by atoms with van der Waals surface area (Å²) in [6.45, 7) is 2.13. The quantitative estimate of drug-likeness (QED) is 0.762. The molecule has 3 N–H and O–H groups in total. The van der Waals surface area contributed by atoms with Crippen LogP contribution in [0.25, 0.3) is 11.3 Å². The van der Waals surface area contributed by atoms with E-state index >= 15 is 0 Å². The Hall–Kier alpha value is -2.14. The van der Waals surface area contributed by atoms with Crippen molar-refractivity contribution >= 4 is 5.91 Å². The van der Waals surface area contributed by atoms with Crippen LogP contribution in [0.1, 0.15) is 23.7 Å². The standard InChI is InChI=1S/C14H17N3O2/c1-10(18)7-8-15-14(19)12-9-16-17-13(12)11-5-3-2-4-6-11/h2-6,9-10,18H,7-8H2,1H3,(H,15,19)(H,16,17). The molecular formula is C14H17N3O2. The Kier molecular flexibility index (Phi) is 4.30. The highest BCUT2D eigenvalue weighted by Crippen LogP contribution is 2.20. The van der Waals surface area contributed by atoms with Crippen molar-refractivity contribution in [3.63, 3.8) is 0 Å². The van der Waals surface area contributed by atoms with Crippen LogP contribution in [-0.4, -0.2) is 33.9 Å². The fourth-order valence-corrected chi connectivity index (χ4v) is 1.77. The maximum Gasteiger partial charge on any atom is 0.255 e. The zero-order valence-corrected chi connectivity index (χ0v) is 10.8. The van der Waals surface area contributed by atoms with Gasteiger partial charge in [-0.25, -0.2) is 0 Å². The summed E-state index contributed by atoms with van der Waals surface area (Å²) in [6, 6.07) is 9.57. The average molecular weight is 259 g/mol. The molecule has 1 unspecified atom stereocenters. The van der Waals surface area contributed by atoms with Crippen molar-refractivity contribution in [1.82, 2.24) is 15.5 Å². The van der Waals surface area contributed by atoms with E-state index in [1.54, 1.807) is 6.92 Å². The fraction of sp³-hybridized carbons (Fsp3) is 0.286. The molecule has 100 valence electrons. The van der Waals surface area contributed by atoms with E-state index in [0.717, 1.165) is 5.56 Å². The summed E-state index contributed by atoms with van der Waals surface area (Å²) in [5.41, 5.74) is 2.13. The third-order valence-electron chi connectivity index (χ3n) is 2.79. The number of benzene rings is 1. The van der Waals surface area contributed by atoms with Crippen molar-refractivity contribution in [2.75, 3.05) is 6.54 Å². The average Bonchev–Trinajstić information content (AvgIpc) is 2.88. The molecule has 5 nitrogen and oxygen atoms in total. The number of amides is 1. The minimum absolute atomic E-state index is 0.187. The number of aliphatic hydroxyl groups is 1. The van der Waals surface area contributed by atoms with Crippen molar-refractivity contribution in [2.45, 2.75) is 19.4 Å². The van der Waals surface area contributed by atoms with Crippen LogP contribution >= 0.6 is 0 Å². The predicted octanol–water partition coefficient (Wildman–Crippen LogP) is 1.58. The highest BCUT2D eigenvalue weighted by atomic mass is 16.3. The molecule has 5 heteroatoms. The van der Waals surface area contributed by atoms with Gasteiger partial charge in [0.05, 0.1) is 23.6 Å². The fourth-order valence-electron chi connectivity index (χ4n) is 1.77. The van der Waals surface area contributed by atoms with Gasteiger partial charge in [-0.3, -0.25) is 9.89 Å². The molecule has 1 aromatic carbocycles. The molecule has 0 saturated carbocycles. The normalized spacial score (nSPS) is 12.1. The summed E-state index contributed by atoms with van der Waals surface area (Å²) in [5, 5.41) is 18.7. The lowest BCUT2D eigenvalue weighted by atomic mass is 10.1. The maximum absolute atomic E-state index is 12.0. The van der Waals surface area contributed by atoms with E-state index < -0.39 is 6.10 Å². The molecule has 0 aliphatic heterocycles. The molecule has 1 amide bonds. The van der Waals surface area contributed by atoms with Crippen LogP contribution < -0.4 is 5.32 Å². The van der Waals surface area contributed by atoms with Crippen molar-refractivity contribution in [3.8, 4) is 11.3 Å². The number of nitrogens with one attached hydrogen (secondary N) is 2. The summed E-state index contributed by atoms with van der Waals surface area (Å²) in [7, 11) is 0. The molecule has 1 atom stereocenters. The van der Waals surface area contributed by atoms with Crippen LogP contribution in [-0.2, 0) is 0 Å². The van der Waals surface area contributed by atoms with Crippen LogP contribution in [0.15, 0.2) is 36.5 Å². The Morgan fingerprint density at radius 1 is 1.42 bits per heavy atom. The van der Waals surface area contributed by atoms with Gasteiger partial charge >= 0.3 is 0 Å². The third-order valence-corrected chi connectivity index (χ3v) is 2.79. The molecule has 19 heavy (non-hydrogen) atoms. The van der Waals surface area contributed by atoms with Crippen LogP contribution in [0.2, 0.25) is 0 Å². The van der Waals surface area contributed by atoms with Gasteiger partial charge in [0.15, 0.2) is 0 Å². The number of carbonyl (C=O) groups is 1. The largest absolute Gasteiger partial charge is 0.393 e. The van der Waals surface area contributed by atoms with E-state index in [4.69, 9.17) is 5.11 Å². The van der Waals surface area contributed by atoms with Gasteiger partial charge < -0.3 is 10.4 Å². The molecule has 1 aromatic heterocycles. The molecule has 1 heterocycles. The van der Waals surface area contributed by atoms with Crippen LogP contribution in [0.4, 0.5) is 0 Å². The smallest absolute Gasteiger partial charge is 0.255 e. The van der Waals surface area contributed by atoms with Crippen molar-refractivity contribution in [1.29, 1.82) is 0 Å². The van der Waals surface area contributed by atoms with Crippen molar-refractivity contribution in [2.24, 2.45) is 0 Å². The monoisotopic (exact) mass is 259 g/mol. The van der Waals surface area contributed by atoms with Gasteiger partial charge in [0, 0.05) is 12.1 Å². The van der Waals surface area contributed by atoms with E-state index in [-0.39, 0.29) is 5.91 Å². The van der Waals surface area contributed by atoms with E-state index in [2.05, 4.69) is 15.5 Å². The molecule has 0 aliphatic carbocycles. The summed E-state index contributed by atoms with van der Waals surface area (Å²) in [5.74, 6) is -0.187. The van der Waals surface area contributed by atoms with Crippen molar-refractivity contribution in [3.05, 3.63) is 42.1 Å². The SMILES string of the molecule is CC(O)CCNC(=O)c1cn[nH]c1-c1ccccc1. The molecule has 0 radical (unpaired) electrons. The molecule has 2 aromatic rings. The number of aromatic nitrogens is 2. The maximum atomic E-state index is 12.0. The molecule has 0 spiro atoms. The Morgan fingerprint density at radius 2 is 2.16 bits per heavy atom. The second-order valence-corrected chi connectivity index (χ2v) is 4.42. The molecule has 2 rings (SSSR count). The zero-order chi connectivity index (χ0) is 13.7. The summed E-state index contributed by atoms with van der Waals surface area (Å²) in [4.78, 5) is 12.0. The van der Waals surface area contributed by atoms with Gasteiger partial charge in [0.2, 0.25) is 0 Å². The Balaban J connectivity index is 2.09. The van der Waals surface area contributed by atoms with E-state index in [0.29, 0.717) is 24.2 Å². The summed E-state index contributed by atoms with van der Waals surface area (Å²) < 4.78 is 0. The first-order valence-corrected chi connectivity index (χ1v) is 6.23. The topological polar surface area (TPSA) is 78.0 Å². The Bertz CT molecular complexity index is 535. The number of aromatic amines is 1. The highest BCUT2D eigenvalue weighted by Gasteiger charge is 2.14. The third kappa shape index (κ3) is 3.42. The summed E-state index contributed by atoms with van der Waals surface area (Å²) >= 11 is 0. The van der Waals surface area contributed by atoms with Gasteiger partial charge in [-0.1, -0.05) is 30.3 Å². The predicted molar refractivity (Wildman–Crippen MR) is 72.7 cm³/mol. The van der Waals surface area contributed by atoms with Gasteiger partial charge in [-0.15, -0.1) is 0 Å². The van der Waals surface area contributed by atoms with Gasteiger partial charge in [-0.2, -0.15) is 5.10 Å². The lowest BCUT2D eigenvalue weighted by molar-refractivity contribution is 0.0946. The molecule has 0 bridgehead atoms. The molecule has 0 saturated heterocycles. The first-order valence-electron chi connectivity index (χ1n) is 6.23. The second-order valence-electron chi connectivity index (χ2n) is 4.42. The molecular weight excluding hydrogens is 242 g/mol.